The van der Waals surface area contributed by atoms with Gasteiger partial charge in [-0.05, 0) is 23.8 Å². The molecule has 32 heavy (non-hydrogen) atoms. The third-order valence-corrected chi connectivity index (χ3v) is 7.46. The second-order valence-electron chi connectivity index (χ2n) is 8.00. The van der Waals surface area contributed by atoms with Crippen molar-refractivity contribution in [3.05, 3.63) is 70.5 Å². The average molecular weight is 477 g/mol. The van der Waals surface area contributed by atoms with Gasteiger partial charge in [0.15, 0.2) is 0 Å². The van der Waals surface area contributed by atoms with Gasteiger partial charge in [-0.3, -0.25) is 19.4 Å². The summed E-state index contributed by atoms with van der Waals surface area (Å²) in [7, 11) is 0. The molecule has 2 fully saturated rings. The zero-order chi connectivity index (χ0) is 22.7. The molecular formula is C23H26ClFN4O2S. The number of hydrogen-bond donors (Lipinski definition) is 1. The fourth-order valence-electron chi connectivity index (χ4n) is 4.32. The summed E-state index contributed by atoms with van der Waals surface area (Å²) < 4.78 is 14.3. The molecule has 0 aliphatic carbocycles. The summed E-state index contributed by atoms with van der Waals surface area (Å²) in [6.07, 6.45) is 0. The van der Waals surface area contributed by atoms with Gasteiger partial charge in [-0.1, -0.05) is 41.9 Å². The molecule has 0 spiro atoms. The summed E-state index contributed by atoms with van der Waals surface area (Å²) in [4.78, 5) is 31.1. The summed E-state index contributed by atoms with van der Waals surface area (Å²) in [5.41, 5.74) is 7.07. The number of carbonyl (C=O) groups is 2. The Morgan fingerprint density at radius 2 is 1.75 bits per heavy atom. The molecule has 2 aromatic carbocycles. The van der Waals surface area contributed by atoms with Gasteiger partial charge < -0.3 is 10.6 Å². The van der Waals surface area contributed by atoms with Crippen molar-refractivity contribution in [1.29, 1.82) is 0 Å². The normalized spacial score (nSPS) is 20.9. The molecule has 0 unspecified atom stereocenters. The van der Waals surface area contributed by atoms with Crippen LogP contribution in [0.3, 0.4) is 0 Å². The third kappa shape index (κ3) is 5.09. The first-order valence-corrected chi connectivity index (χ1v) is 12.0. The molecule has 0 radical (unpaired) electrons. The lowest BCUT2D eigenvalue weighted by Crippen LogP contribution is -2.52. The Morgan fingerprint density at radius 3 is 2.41 bits per heavy atom. The van der Waals surface area contributed by atoms with Crippen LogP contribution < -0.4 is 5.73 Å². The van der Waals surface area contributed by atoms with Gasteiger partial charge in [0.25, 0.3) is 0 Å². The van der Waals surface area contributed by atoms with E-state index < -0.39 is 11.9 Å². The molecule has 2 heterocycles. The first-order valence-electron chi connectivity index (χ1n) is 10.6. The van der Waals surface area contributed by atoms with E-state index in [0.29, 0.717) is 43.3 Å². The average Bonchev–Trinajstić information content (AvgIpc) is 3.26. The first-order chi connectivity index (χ1) is 15.4. The highest BCUT2D eigenvalue weighted by Crippen LogP contribution is 2.39. The zero-order valence-electron chi connectivity index (χ0n) is 17.6. The van der Waals surface area contributed by atoms with E-state index in [1.54, 1.807) is 47.0 Å². The van der Waals surface area contributed by atoms with Gasteiger partial charge in [0, 0.05) is 49.1 Å². The SMILES string of the molecule is NC(=O)[C@@H](c1ccc(Cl)cc1)N1CCN(CC(=O)N2CCS[C@H]2c2ccccc2F)CC1. The van der Waals surface area contributed by atoms with Gasteiger partial charge in [-0.2, -0.15) is 0 Å². The van der Waals surface area contributed by atoms with Crippen molar-refractivity contribution in [2.24, 2.45) is 5.73 Å². The number of amides is 2. The van der Waals surface area contributed by atoms with Gasteiger partial charge in [-0.15, -0.1) is 11.8 Å². The van der Waals surface area contributed by atoms with Crippen LogP contribution in [0.25, 0.3) is 0 Å². The van der Waals surface area contributed by atoms with Gasteiger partial charge in [-0.25, -0.2) is 4.39 Å². The van der Waals surface area contributed by atoms with Crippen molar-refractivity contribution in [2.45, 2.75) is 11.4 Å². The molecule has 2 aromatic rings. The number of carbonyl (C=O) groups excluding carboxylic acids is 2. The fourth-order valence-corrected chi connectivity index (χ4v) is 5.75. The third-order valence-electron chi connectivity index (χ3n) is 5.97. The van der Waals surface area contributed by atoms with E-state index in [2.05, 4.69) is 4.90 Å². The van der Waals surface area contributed by atoms with Gasteiger partial charge in [0.05, 0.1) is 6.54 Å². The number of hydrogen-bond acceptors (Lipinski definition) is 5. The van der Waals surface area contributed by atoms with E-state index in [1.807, 2.05) is 17.0 Å². The number of nitrogens with two attached hydrogens (primary N) is 1. The van der Waals surface area contributed by atoms with Gasteiger partial charge in [0.1, 0.15) is 17.2 Å². The Kier molecular flexibility index (Phi) is 7.35. The highest BCUT2D eigenvalue weighted by molar-refractivity contribution is 7.99. The van der Waals surface area contributed by atoms with Crippen LogP contribution in [-0.4, -0.2) is 71.5 Å². The van der Waals surface area contributed by atoms with Crippen LogP contribution in [0.2, 0.25) is 5.02 Å². The smallest absolute Gasteiger partial charge is 0.239 e. The molecule has 2 aliphatic heterocycles. The summed E-state index contributed by atoms with van der Waals surface area (Å²) in [6, 6.07) is 13.3. The summed E-state index contributed by atoms with van der Waals surface area (Å²) >= 11 is 7.56. The summed E-state index contributed by atoms with van der Waals surface area (Å²) in [5.74, 6) is 0.109. The van der Waals surface area contributed by atoms with Crippen molar-refractivity contribution in [2.75, 3.05) is 45.0 Å². The molecule has 0 bridgehead atoms. The number of nitrogens with zero attached hydrogens (tertiary/aromatic N) is 3. The van der Waals surface area contributed by atoms with Crippen LogP contribution in [0.5, 0.6) is 0 Å². The van der Waals surface area contributed by atoms with Crippen LogP contribution in [0.15, 0.2) is 48.5 Å². The van der Waals surface area contributed by atoms with Crippen LogP contribution in [0.1, 0.15) is 22.5 Å². The molecule has 2 atom stereocenters. The number of rotatable bonds is 6. The zero-order valence-corrected chi connectivity index (χ0v) is 19.2. The highest BCUT2D eigenvalue weighted by atomic mass is 35.5. The first kappa shape index (κ1) is 23.0. The van der Waals surface area contributed by atoms with Crippen molar-refractivity contribution < 1.29 is 14.0 Å². The molecule has 0 saturated carbocycles. The van der Waals surface area contributed by atoms with Crippen LogP contribution in [0.4, 0.5) is 4.39 Å². The molecule has 170 valence electrons. The number of thioether (sulfide) groups is 1. The number of primary amides is 1. The fraction of sp³-hybridized carbons (Fsp3) is 0.391. The number of piperazine rings is 1. The Hall–Kier alpha value is -2.13. The monoisotopic (exact) mass is 476 g/mol. The molecule has 4 rings (SSSR count). The Bertz CT molecular complexity index is 969. The van der Waals surface area contributed by atoms with E-state index in [4.69, 9.17) is 17.3 Å². The predicted octanol–water partition coefficient (Wildman–Crippen LogP) is 2.90. The molecule has 6 nitrogen and oxygen atoms in total. The van der Waals surface area contributed by atoms with E-state index in [1.165, 1.54) is 6.07 Å². The lowest BCUT2D eigenvalue weighted by molar-refractivity contribution is -0.133. The van der Waals surface area contributed by atoms with Crippen LogP contribution >= 0.6 is 23.4 Å². The molecular weight excluding hydrogens is 451 g/mol. The summed E-state index contributed by atoms with van der Waals surface area (Å²) in [5, 5.41) is 0.322. The van der Waals surface area contributed by atoms with Crippen molar-refractivity contribution in [3.63, 3.8) is 0 Å². The number of halogens is 2. The van der Waals surface area contributed by atoms with Crippen molar-refractivity contribution >= 4 is 35.2 Å². The Morgan fingerprint density at radius 1 is 1.06 bits per heavy atom. The van der Waals surface area contributed by atoms with Crippen molar-refractivity contribution in [3.8, 4) is 0 Å². The maximum absolute atomic E-state index is 14.3. The van der Waals surface area contributed by atoms with Crippen LogP contribution in [0, 0.1) is 5.82 Å². The largest absolute Gasteiger partial charge is 0.368 e. The van der Waals surface area contributed by atoms with Gasteiger partial charge >= 0.3 is 0 Å². The lowest BCUT2D eigenvalue weighted by atomic mass is 10.0. The number of benzene rings is 2. The van der Waals surface area contributed by atoms with Crippen LogP contribution in [-0.2, 0) is 9.59 Å². The maximum Gasteiger partial charge on any atom is 0.239 e. The highest BCUT2D eigenvalue weighted by Gasteiger charge is 2.34. The van der Waals surface area contributed by atoms with Crippen molar-refractivity contribution in [1.82, 2.24) is 14.7 Å². The van der Waals surface area contributed by atoms with E-state index in [0.717, 1.165) is 11.3 Å². The second kappa shape index (κ2) is 10.2. The van der Waals surface area contributed by atoms with E-state index in [9.17, 15) is 14.0 Å². The quantitative estimate of drug-likeness (QED) is 0.694. The summed E-state index contributed by atoms with van der Waals surface area (Å²) in [6.45, 7) is 3.43. The topological polar surface area (TPSA) is 69.9 Å². The molecule has 2 saturated heterocycles. The molecule has 2 N–H and O–H groups in total. The molecule has 2 aliphatic rings. The minimum atomic E-state index is -0.523. The standard InChI is InChI=1S/C23H26ClFN4O2S/c24-17-7-5-16(6-8-17)21(22(26)31)28-11-9-27(10-12-28)15-20(30)29-13-14-32-23(29)18-3-1-2-4-19(18)25/h1-8,21,23H,9-15H2,(H2,26,31)/t21-,23+/m1/s1. The Balaban J connectivity index is 1.36. The van der Waals surface area contributed by atoms with E-state index >= 15 is 0 Å². The van der Waals surface area contributed by atoms with E-state index in [-0.39, 0.29) is 23.6 Å². The maximum atomic E-state index is 14.3. The molecule has 0 aromatic heterocycles. The Labute approximate surface area is 196 Å². The minimum Gasteiger partial charge on any atom is -0.368 e. The molecule has 9 heteroatoms. The predicted molar refractivity (Wildman–Crippen MR) is 125 cm³/mol. The molecule has 2 amide bonds. The second-order valence-corrected chi connectivity index (χ2v) is 9.62. The lowest BCUT2D eigenvalue weighted by Gasteiger charge is -2.38. The van der Waals surface area contributed by atoms with Gasteiger partial charge in [0.2, 0.25) is 11.8 Å². The minimum absolute atomic E-state index is 0.000792.